The van der Waals surface area contributed by atoms with Gasteiger partial charge in [0.1, 0.15) is 4.90 Å². The number of carbonyl (C=O) groups excluding carboxylic acids is 1. The molecule has 0 aliphatic heterocycles. The number of hydrogen-bond donors (Lipinski definition) is 1. The zero-order valence-corrected chi connectivity index (χ0v) is 19.1. The maximum atomic E-state index is 13.0. The zero-order chi connectivity index (χ0) is 23.8. The first-order chi connectivity index (χ1) is 15.6. The lowest BCUT2D eigenvalue weighted by Gasteiger charge is -2.11. The lowest BCUT2D eigenvalue weighted by molar-refractivity contribution is -0.137. The summed E-state index contributed by atoms with van der Waals surface area (Å²) in [6.07, 6.45) is -4.47. The average molecular weight is 534 g/mol. The fourth-order valence-corrected chi connectivity index (χ4v) is 5.54. The molecule has 0 aliphatic rings. The fraction of sp³-hybridized carbons (Fsp3) is 0.0417. The minimum absolute atomic E-state index is 0.0474. The van der Waals surface area contributed by atoms with E-state index in [2.05, 4.69) is 15.9 Å². The van der Waals surface area contributed by atoms with Crippen LogP contribution in [0, 0.1) is 0 Å². The van der Waals surface area contributed by atoms with Crippen molar-refractivity contribution in [1.29, 1.82) is 0 Å². The molecule has 0 saturated heterocycles. The van der Waals surface area contributed by atoms with Crippen molar-refractivity contribution >= 4 is 42.6 Å². The number of amides is 1. The third kappa shape index (κ3) is 4.79. The molecule has 4 rings (SSSR count). The molecule has 9 heteroatoms. The van der Waals surface area contributed by atoms with E-state index in [1.54, 1.807) is 18.2 Å². The summed E-state index contributed by atoms with van der Waals surface area (Å²) in [6.45, 7) is 0. The number of halogens is 4. The predicted octanol–water partition coefficient (Wildman–Crippen LogP) is 6.41. The third-order valence-electron chi connectivity index (χ3n) is 5.01. The molecule has 0 saturated carbocycles. The Bertz CT molecular complexity index is 1470. The molecule has 0 heterocycles. The Kier molecular flexibility index (Phi) is 6.02. The SMILES string of the molecule is O=C(NS(=O)(=O)c1ccc2ccccc2c1Br)c1ccc(-c2cccc(C(F)(F)F)c2)cc1. The van der Waals surface area contributed by atoms with Crippen LogP contribution in [0.15, 0.2) is 94.3 Å². The molecule has 0 aromatic heterocycles. The first-order valence-electron chi connectivity index (χ1n) is 9.58. The molecule has 33 heavy (non-hydrogen) atoms. The van der Waals surface area contributed by atoms with Gasteiger partial charge >= 0.3 is 6.18 Å². The van der Waals surface area contributed by atoms with E-state index < -0.39 is 27.7 Å². The number of benzene rings is 4. The molecular formula is C24H15BrF3NO3S. The highest BCUT2D eigenvalue weighted by molar-refractivity contribution is 9.10. The van der Waals surface area contributed by atoms with Gasteiger partial charge in [0.15, 0.2) is 0 Å². The van der Waals surface area contributed by atoms with Crippen LogP contribution < -0.4 is 4.72 Å². The number of fused-ring (bicyclic) bond motifs is 1. The Morgan fingerprint density at radius 2 is 1.52 bits per heavy atom. The molecule has 0 fully saturated rings. The summed E-state index contributed by atoms with van der Waals surface area (Å²) < 4.78 is 66.9. The van der Waals surface area contributed by atoms with Crippen LogP contribution in [-0.4, -0.2) is 14.3 Å². The summed E-state index contributed by atoms with van der Waals surface area (Å²) in [5, 5.41) is 1.51. The monoisotopic (exact) mass is 533 g/mol. The quantitative estimate of drug-likeness (QED) is 0.329. The summed E-state index contributed by atoms with van der Waals surface area (Å²) in [5.74, 6) is -0.856. The standard InChI is InChI=1S/C24H15BrF3NO3S/c25-22-20-7-2-1-4-16(20)12-13-21(22)33(31,32)29-23(30)17-10-8-15(9-11-17)18-5-3-6-19(14-18)24(26,27)28/h1-14H,(H,29,30). The highest BCUT2D eigenvalue weighted by Gasteiger charge is 2.30. The highest BCUT2D eigenvalue weighted by atomic mass is 79.9. The Morgan fingerprint density at radius 1 is 0.818 bits per heavy atom. The van der Waals surface area contributed by atoms with Crippen molar-refractivity contribution in [1.82, 2.24) is 4.72 Å². The van der Waals surface area contributed by atoms with E-state index in [0.29, 0.717) is 21.0 Å². The topological polar surface area (TPSA) is 63.2 Å². The normalized spacial score (nSPS) is 12.0. The van der Waals surface area contributed by atoms with Crippen LogP contribution in [0.4, 0.5) is 13.2 Å². The van der Waals surface area contributed by atoms with E-state index in [0.717, 1.165) is 17.5 Å². The second-order valence-electron chi connectivity index (χ2n) is 7.19. The lowest BCUT2D eigenvalue weighted by atomic mass is 10.0. The van der Waals surface area contributed by atoms with Crippen molar-refractivity contribution in [2.24, 2.45) is 0 Å². The number of carbonyl (C=O) groups is 1. The predicted molar refractivity (Wildman–Crippen MR) is 123 cm³/mol. The Balaban J connectivity index is 1.58. The Hall–Kier alpha value is -3.17. The number of nitrogens with one attached hydrogen (secondary N) is 1. The molecule has 168 valence electrons. The van der Waals surface area contributed by atoms with E-state index in [4.69, 9.17) is 0 Å². The van der Waals surface area contributed by atoms with E-state index in [-0.39, 0.29) is 10.5 Å². The van der Waals surface area contributed by atoms with Gasteiger partial charge in [-0.15, -0.1) is 0 Å². The van der Waals surface area contributed by atoms with Crippen molar-refractivity contribution in [3.05, 3.63) is 101 Å². The summed E-state index contributed by atoms with van der Waals surface area (Å²) in [6, 6.07) is 20.7. The van der Waals surface area contributed by atoms with E-state index in [1.165, 1.54) is 42.5 Å². The molecule has 0 atom stereocenters. The molecule has 0 bridgehead atoms. The van der Waals surface area contributed by atoms with Crippen LogP contribution >= 0.6 is 15.9 Å². The molecule has 4 aromatic carbocycles. The number of alkyl halides is 3. The maximum absolute atomic E-state index is 13.0. The van der Waals surface area contributed by atoms with Crippen molar-refractivity contribution in [3.8, 4) is 11.1 Å². The first kappa shape index (κ1) is 23.0. The van der Waals surface area contributed by atoms with Crippen LogP contribution in [0.1, 0.15) is 15.9 Å². The van der Waals surface area contributed by atoms with Gasteiger partial charge < -0.3 is 0 Å². The minimum atomic E-state index is -4.47. The van der Waals surface area contributed by atoms with Gasteiger partial charge in [-0.05, 0) is 68.2 Å². The Morgan fingerprint density at radius 3 is 2.21 bits per heavy atom. The van der Waals surface area contributed by atoms with Gasteiger partial charge in [0.05, 0.1) is 5.56 Å². The third-order valence-corrected chi connectivity index (χ3v) is 7.50. The first-order valence-corrected chi connectivity index (χ1v) is 11.9. The van der Waals surface area contributed by atoms with Gasteiger partial charge in [0, 0.05) is 10.0 Å². The molecule has 4 aromatic rings. The Labute approximate surface area is 196 Å². The molecule has 0 spiro atoms. The average Bonchev–Trinajstić information content (AvgIpc) is 2.78. The van der Waals surface area contributed by atoms with Crippen LogP contribution in [0.2, 0.25) is 0 Å². The lowest BCUT2D eigenvalue weighted by Crippen LogP contribution is -2.30. The van der Waals surface area contributed by atoms with E-state index in [9.17, 15) is 26.4 Å². The van der Waals surface area contributed by atoms with Crippen LogP contribution in [0.3, 0.4) is 0 Å². The van der Waals surface area contributed by atoms with Gasteiger partial charge in [-0.3, -0.25) is 4.79 Å². The second-order valence-corrected chi connectivity index (χ2v) is 9.63. The van der Waals surface area contributed by atoms with Crippen LogP contribution in [0.25, 0.3) is 21.9 Å². The molecule has 1 amide bonds. The highest BCUT2D eigenvalue weighted by Crippen LogP contribution is 2.33. The number of sulfonamides is 1. The van der Waals surface area contributed by atoms with E-state index in [1.807, 2.05) is 16.9 Å². The summed E-state index contributed by atoms with van der Waals surface area (Å²) >= 11 is 3.31. The zero-order valence-electron chi connectivity index (χ0n) is 16.7. The molecule has 4 nitrogen and oxygen atoms in total. The molecule has 1 N–H and O–H groups in total. The van der Waals surface area contributed by atoms with Crippen molar-refractivity contribution in [2.75, 3.05) is 0 Å². The smallest absolute Gasteiger partial charge is 0.268 e. The van der Waals surface area contributed by atoms with Gasteiger partial charge in [-0.1, -0.05) is 54.6 Å². The molecule has 0 radical (unpaired) electrons. The largest absolute Gasteiger partial charge is 0.416 e. The number of hydrogen-bond acceptors (Lipinski definition) is 3. The summed E-state index contributed by atoms with van der Waals surface area (Å²) in [4.78, 5) is 12.5. The number of rotatable bonds is 4. The van der Waals surface area contributed by atoms with Crippen LogP contribution in [-0.2, 0) is 16.2 Å². The minimum Gasteiger partial charge on any atom is -0.268 e. The van der Waals surface area contributed by atoms with Gasteiger partial charge in [0.25, 0.3) is 15.9 Å². The molecule has 0 unspecified atom stereocenters. The fourth-order valence-electron chi connectivity index (χ4n) is 3.35. The summed E-state index contributed by atoms with van der Waals surface area (Å²) in [5.41, 5.74) is 0.0439. The molecule has 0 aliphatic carbocycles. The van der Waals surface area contributed by atoms with Gasteiger partial charge in [-0.25, -0.2) is 13.1 Å². The van der Waals surface area contributed by atoms with Crippen molar-refractivity contribution in [2.45, 2.75) is 11.1 Å². The van der Waals surface area contributed by atoms with Gasteiger partial charge in [-0.2, -0.15) is 13.2 Å². The van der Waals surface area contributed by atoms with Crippen molar-refractivity contribution < 1.29 is 26.4 Å². The van der Waals surface area contributed by atoms with Crippen molar-refractivity contribution in [3.63, 3.8) is 0 Å². The van der Waals surface area contributed by atoms with Crippen LogP contribution in [0.5, 0.6) is 0 Å². The summed E-state index contributed by atoms with van der Waals surface area (Å²) in [7, 11) is -4.19. The second kappa shape index (κ2) is 8.64. The maximum Gasteiger partial charge on any atom is 0.416 e. The van der Waals surface area contributed by atoms with E-state index >= 15 is 0 Å². The van der Waals surface area contributed by atoms with Gasteiger partial charge in [0.2, 0.25) is 0 Å². The molecular weight excluding hydrogens is 519 g/mol.